The normalized spacial score (nSPS) is 12.0. The molecule has 0 fully saturated rings. The molecule has 28 heavy (non-hydrogen) atoms. The van der Waals surface area contributed by atoms with Crippen LogP contribution in [0.5, 0.6) is 0 Å². The largest absolute Gasteiger partial charge is 0.282 e. The summed E-state index contributed by atoms with van der Waals surface area (Å²) in [5.41, 5.74) is -1.37. The monoisotopic (exact) mass is 417 g/mol. The molecule has 0 atom stereocenters. The summed E-state index contributed by atoms with van der Waals surface area (Å²) in [5, 5.41) is 8.46. The summed E-state index contributed by atoms with van der Waals surface area (Å²) < 4.78 is 92.3. The molecule has 2 aromatic carbocycles. The highest BCUT2D eigenvalue weighted by atomic mass is 32.2. The standard InChI is InChI=1S/C17H12F5N3O2S/c1-8-2-3-9(4-11(8)18)25-15(7-14(24-25)17(21)22)10-5-13(20)16(6-12(10)19)28(23,26)27/h2-7,17H,1H3,(H2,23,26,27). The molecular weight excluding hydrogens is 405 g/mol. The van der Waals surface area contributed by atoms with Gasteiger partial charge in [-0.25, -0.2) is 40.2 Å². The van der Waals surface area contributed by atoms with Gasteiger partial charge in [-0.2, -0.15) is 5.10 Å². The maximum Gasteiger partial charge on any atom is 0.282 e. The van der Waals surface area contributed by atoms with Crippen LogP contribution in [0.1, 0.15) is 17.7 Å². The molecule has 0 unspecified atom stereocenters. The SMILES string of the molecule is Cc1ccc(-n2nc(C(F)F)cc2-c2cc(F)c(S(N)(=O)=O)cc2F)cc1F. The van der Waals surface area contributed by atoms with Crippen LogP contribution in [0.4, 0.5) is 22.0 Å². The van der Waals surface area contributed by atoms with Gasteiger partial charge in [0, 0.05) is 5.56 Å². The van der Waals surface area contributed by atoms with Gasteiger partial charge in [0.1, 0.15) is 28.0 Å². The van der Waals surface area contributed by atoms with Gasteiger partial charge in [0.15, 0.2) is 0 Å². The molecule has 3 rings (SSSR count). The number of aromatic nitrogens is 2. The van der Waals surface area contributed by atoms with Gasteiger partial charge in [-0.05, 0) is 42.8 Å². The number of aryl methyl sites for hydroxylation is 1. The van der Waals surface area contributed by atoms with Crippen molar-refractivity contribution in [2.24, 2.45) is 5.14 Å². The molecule has 0 radical (unpaired) electrons. The number of hydrogen-bond acceptors (Lipinski definition) is 3. The molecule has 0 aliphatic heterocycles. The second kappa shape index (κ2) is 6.99. The van der Waals surface area contributed by atoms with E-state index in [1.54, 1.807) is 0 Å². The fraction of sp³-hybridized carbons (Fsp3) is 0.118. The average Bonchev–Trinajstić information content (AvgIpc) is 3.03. The molecule has 5 nitrogen and oxygen atoms in total. The lowest BCUT2D eigenvalue weighted by atomic mass is 10.1. The molecule has 0 saturated carbocycles. The van der Waals surface area contributed by atoms with Crippen LogP contribution in [0.2, 0.25) is 0 Å². The van der Waals surface area contributed by atoms with Gasteiger partial charge in [0.05, 0.1) is 11.4 Å². The van der Waals surface area contributed by atoms with E-state index in [0.29, 0.717) is 12.1 Å². The lowest BCUT2D eigenvalue weighted by Gasteiger charge is -2.11. The number of nitrogens with zero attached hydrogens (tertiary/aromatic N) is 2. The molecule has 0 saturated heterocycles. The van der Waals surface area contributed by atoms with E-state index in [4.69, 9.17) is 5.14 Å². The average molecular weight is 417 g/mol. The van der Waals surface area contributed by atoms with Gasteiger partial charge in [-0.1, -0.05) is 6.07 Å². The zero-order valence-electron chi connectivity index (χ0n) is 14.1. The third-order valence-corrected chi connectivity index (χ3v) is 4.88. The van der Waals surface area contributed by atoms with Crippen LogP contribution < -0.4 is 5.14 Å². The minimum absolute atomic E-state index is 0.0136. The quantitative estimate of drug-likeness (QED) is 0.655. The fourth-order valence-electron chi connectivity index (χ4n) is 2.55. The number of halogens is 5. The molecule has 3 aromatic rings. The summed E-state index contributed by atoms with van der Waals surface area (Å²) in [5.74, 6) is -3.27. The molecule has 0 aliphatic carbocycles. The molecule has 0 aliphatic rings. The maximum atomic E-state index is 14.5. The zero-order chi connectivity index (χ0) is 20.8. The summed E-state index contributed by atoms with van der Waals surface area (Å²) in [6, 6.07) is 5.36. The molecule has 1 aromatic heterocycles. The second-order valence-electron chi connectivity index (χ2n) is 5.91. The van der Waals surface area contributed by atoms with Gasteiger partial charge in [-0.15, -0.1) is 0 Å². The first-order valence-electron chi connectivity index (χ1n) is 7.66. The van der Waals surface area contributed by atoms with E-state index < -0.39 is 50.1 Å². The molecule has 11 heteroatoms. The summed E-state index contributed by atoms with van der Waals surface area (Å²) in [7, 11) is -4.54. The van der Waals surface area contributed by atoms with Gasteiger partial charge in [-0.3, -0.25) is 0 Å². The molecule has 2 N–H and O–H groups in total. The zero-order valence-corrected chi connectivity index (χ0v) is 14.9. The summed E-state index contributed by atoms with van der Waals surface area (Å²) >= 11 is 0. The van der Waals surface area contributed by atoms with Gasteiger partial charge in [0.25, 0.3) is 6.43 Å². The second-order valence-corrected chi connectivity index (χ2v) is 7.44. The Morgan fingerprint density at radius 2 is 1.68 bits per heavy atom. The Hall–Kier alpha value is -2.79. The Morgan fingerprint density at radius 3 is 2.25 bits per heavy atom. The first kappa shape index (κ1) is 20.0. The Labute approximate surface area is 156 Å². The number of rotatable bonds is 4. The molecular formula is C17H12F5N3O2S. The molecule has 1 heterocycles. The number of nitrogens with two attached hydrogens (primary N) is 1. The maximum absolute atomic E-state index is 14.5. The Balaban J connectivity index is 2.27. The summed E-state index contributed by atoms with van der Waals surface area (Å²) in [6.45, 7) is 1.48. The van der Waals surface area contributed by atoms with Crippen LogP contribution in [0.3, 0.4) is 0 Å². The predicted octanol–water partition coefficient (Wildman–Crippen LogP) is 3.85. The van der Waals surface area contributed by atoms with Crippen molar-refractivity contribution in [1.29, 1.82) is 0 Å². The van der Waals surface area contributed by atoms with Crippen LogP contribution in [0.15, 0.2) is 41.3 Å². The van der Waals surface area contributed by atoms with Crippen molar-refractivity contribution in [3.8, 4) is 16.9 Å². The van der Waals surface area contributed by atoms with Gasteiger partial charge < -0.3 is 0 Å². The van der Waals surface area contributed by atoms with Gasteiger partial charge in [0.2, 0.25) is 10.0 Å². The highest BCUT2D eigenvalue weighted by Crippen LogP contribution is 2.32. The first-order valence-corrected chi connectivity index (χ1v) is 9.20. The number of sulfonamides is 1. The van der Waals surface area contributed by atoms with Crippen LogP contribution in [0.25, 0.3) is 16.9 Å². The van der Waals surface area contributed by atoms with E-state index in [0.717, 1.165) is 16.8 Å². The Kier molecular flexibility index (Phi) is 4.98. The topological polar surface area (TPSA) is 78.0 Å². The fourth-order valence-corrected chi connectivity index (χ4v) is 3.15. The van der Waals surface area contributed by atoms with Crippen molar-refractivity contribution in [2.45, 2.75) is 18.2 Å². The summed E-state index contributed by atoms with van der Waals surface area (Å²) in [6.07, 6.45) is -3.04. The third kappa shape index (κ3) is 3.62. The van der Waals surface area contributed by atoms with Crippen molar-refractivity contribution >= 4 is 10.0 Å². The minimum Gasteiger partial charge on any atom is -0.232 e. The number of primary sulfonamides is 1. The van der Waals surface area contributed by atoms with E-state index in [1.807, 2.05) is 0 Å². The Bertz CT molecular complexity index is 1180. The number of hydrogen-bond donors (Lipinski definition) is 1. The Morgan fingerprint density at radius 1 is 1.00 bits per heavy atom. The highest BCUT2D eigenvalue weighted by molar-refractivity contribution is 7.89. The van der Waals surface area contributed by atoms with E-state index >= 15 is 0 Å². The summed E-state index contributed by atoms with van der Waals surface area (Å²) in [4.78, 5) is -1.09. The number of alkyl halides is 2. The van der Waals surface area contributed by atoms with Crippen molar-refractivity contribution in [1.82, 2.24) is 9.78 Å². The molecule has 0 amide bonds. The van der Waals surface area contributed by atoms with Crippen LogP contribution in [0, 0.1) is 24.4 Å². The lowest BCUT2D eigenvalue weighted by Crippen LogP contribution is -2.15. The van der Waals surface area contributed by atoms with E-state index in [9.17, 15) is 30.4 Å². The van der Waals surface area contributed by atoms with Gasteiger partial charge >= 0.3 is 0 Å². The van der Waals surface area contributed by atoms with E-state index in [2.05, 4.69) is 5.10 Å². The van der Waals surface area contributed by atoms with Crippen molar-refractivity contribution in [2.75, 3.05) is 0 Å². The third-order valence-electron chi connectivity index (χ3n) is 3.96. The van der Waals surface area contributed by atoms with Crippen LogP contribution in [-0.2, 0) is 10.0 Å². The van der Waals surface area contributed by atoms with Crippen molar-refractivity contribution in [3.63, 3.8) is 0 Å². The molecule has 0 bridgehead atoms. The minimum atomic E-state index is -4.54. The highest BCUT2D eigenvalue weighted by Gasteiger charge is 2.24. The van der Waals surface area contributed by atoms with Crippen LogP contribution in [-0.4, -0.2) is 18.2 Å². The van der Waals surface area contributed by atoms with E-state index in [1.165, 1.54) is 19.1 Å². The van der Waals surface area contributed by atoms with Crippen molar-refractivity contribution in [3.05, 3.63) is 65.1 Å². The predicted molar refractivity (Wildman–Crippen MR) is 89.9 cm³/mol. The molecule has 0 spiro atoms. The van der Waals surface area contributed by atoms with Crippen LogP contribution >= 0.6 is 0 Å². The number of benzene rings is 2. The van der Waals surface area contributed by atoms with Crippen molar-refractivity contribution < 1.29 is 30.4 Å². The first-order chi connectivity index (χ1) is 13.0. The van der Waals surface area contributed by atoms with E-state index in [-0.39, 0.29) is 16.9 Å². The lowest BCUT2D eigenvalue weighted by molar-refractivity contribution is 0.145. The molecule has 148 valence electrons. The smallest absolute Gasteiger partial charge is 0.232 e.